The molecule has 0 saturated carbocycles. The van der Waals surface area contributed by atoms with Gasteiger partial charge in [0, 0.05) is 43.1 Å². The van der Waals surface area contributed by atoms with E-state index in [-0.39, 0.29) is 45.3 Å². The third kappa shape index (κ3) is 14.1. The van der Waals surface area contributed by atoms with Gasteiger partial charge in [0.25, 0.3) is 23.6 Å². The maximum atomic E-state index is 16.5. The molecule has 2 aliphatic heterocycles. The van der Waals surface area contributed by atoms with Gasteiger partial charge in [-0.3, -0.25) is 19.2 Å². The molecule has 18 aromatic rings. The van der Waals surface area contributed by atoms with Crippen molar-refractivity contribution in [3.05, 3.63) is 332 Å². The minimum Gasteiger partial charge on any atom is -0.457 e. The second-order valence-electron chi connectivity index (χ2n) is 45.6. The highest BCUT2D eigenvalue weighted by Crippen LogP contribution is 2.62. The maximum Gasteiger partial charge on any atom is 0.266 e. The fraction of sp³-hybridized carbons (Fsp3) is 0.262. The predicted molar refractivity (Wildman–Crippen MR) is 583 cm³/mol. The van der Waals surface area contributed by atoms with Crippen LogP contribution in [0.5, 0.6) is 46.0 Å². The minimum absolute atomic E-state index is 0.0675. The number of nitrogens with zero attached hydrogens (tertiary/aromatic N) is 2. The number of hydrogen-bond donors (Lipinski definition) is 0. The lowest BCUT2D eigenvalue weighted by atomic mass is 9.82. The van der Waals surface area contributed by atoms with Crippen LogP contribution in [0.1, 0.15) is 295 Å². The number of benzene rings is 18. The molecule has 0 fully saturated rings. The molecular weight excluding hydrogens is 1720 g/mol. The number of carbonyl (C=O) groups excluding carboxylic acids is 4. The van der Waals surface area contributed by atoms with Crippen molar-refractivity contribution in [1.29, 1.82) is 0 Å². The summed E-state index contributed by atoms with van der Waals surface area (Å²) >= 11 is 0. The minimum atomic E-state index is -0.421. The SMILES string of the molecule is C=C(C)c1cc(C(C)C)c(N2C(=O)c3cc(Oc4ccc(C(C)(C)C)cc4)c4c5ccc6c7c(ccc(c8c(Oc9ccc(C(C)(C)C)cc9)cc(c3c48)C2=O)c75)-c2cc(CCc3cc4c(cc3C)-c3ccc5c7c(Oc8ccc(C(C)(C)C)cc8)cc8c9c(cc(Oc%10ccc(C(C)(C)C)cc%10)c(c%10ccc-4c3c5%10)c97)C(=O)N(c3c(C(C)C)cc(C(=C)C)cc3C(C)C)C8=O)c(C)cc2-6)c(C(C)C)c1. The monoisotopic (exact) mass is 1840 g/mol. The van der Waals surface area contributed by atoms with Gasteiger partial charge in [-0.15, -0.1) is 0 Å². The largest absolute Gasteiger partial charge is 0.457 e. The molecule has 18 aromatic carbocycles. The van der Waals surface area contributed by atoms with E-state index in [1.165, 1.54) is 32.1 Å². The van der Waals surface area contributed by atoms with Crippen molar-refractivity contribution in [2.45, 2.75) is 224 Å². The average Bonchev–Trinajstić information content (AvgIpc) is 1.12. The summed E-state index contributed by atoms with van der Waals surface area (Å²) in [6.07, 6.45) is 1.54. The Hall–Kier alpha value is -14.5. The van der Waals surface area contributed by atoms with Crippen LogP contribution in [0, 0.1) is 13.8 Å². The Labute approximate surface area is 821 Å². The molecule has 10 nitrogen and oxygen atoms in total. The van der Waals surface area contributed by atoms with E-state index in [2.05, 4.69) is 311 Å². The zero-order valence-corrected chi connectivity index (χ0v) is 85.1. The van der Waals surface area contributed by atoms with E-state index in [0.29, 0.717) is 90.4 Å². The maximum absolute atomic E-state index is 16.5. The molecule has 4 aliphatic rings. The number of amides is 4. The number of carbonyl (C=O) groups is 4. The standard InChI is InChI=1S/C130H120N2O8/c1-65(2)75-57-93(67(5)6)121(94(58-75)68(7)8)131-123(133)101-61-105(137-81-37-29-77(30-38-81)127(15,16)17)115-89-49-45-85-97-53-71(13)73(55-99(97)87-47-51-91(111(89)109(85)87)117-107(63-103(125(131)135)113(101)119(115)117)139-83-41-33-79(34-42-83)129(21,22)23)27-28-74-56-100-88-48-52-92-112-90(50-46-86(110(88)112)98(100)54-72(74)14)116-106(138-82-39-31-78(32-40-82)128(18,19)20)62-102-114-104(64-108(118(92)120(114)116)140-84-43-35-80(36-44-84)130(24,25)26)126(136)132(124(102)134)122-95(69(9)10)59-76(66(3)4)60-96(122)70(11)12/h29-64,67-70H,1,3,27-28H2,2,4-26H3. The molecule has 0 atom stereocenters. The molecule has 2 heterocycles. The molecule has 140 heavy (non-hydrogen) atoms. The number of allylic oxidation sites excluding steroid dienone is 2. The van der Waals surface area contributed by atoms with Crippen molar-refractivity contribution < 1.29 is 38.1 Å². The highest BCUT2D eigenvalue weighted by molar-refractivity contribution is 6.48. The second kappa shape index (κ2) is 32.0. The van der Waals surface area contributed by atoms with Gasteiger partial charge in [0.15, 0.2) is 0 Å². The van der Waals surface area contributed by atoms with Gasteiger partial charge < -0.3 is 18.9 Å². The van der Waals surface area contributed by atoms with E-state index in [9.17, 15) is 0 Å². The molecule has 0 bridgehead atoms. The van der Waals surface area contributed by atoms with Crippen LogP contribution >= 0.6 is 0 Å². The molecule has 0 N–H and O–H groups in total. The van der Waals surface area contributed by atoms with E-state index >= 15 is 19.2 Å². The van der Waals surface area contributed by atoms with Gasteiger partial charge >= 0.3 is 0 Å². The van der Waals surface area contributed by atoms with E-state index in [0.717, 1.165) is 200 Å². The Morgan fingerprint density at radius 3 is 0.700 bits per heavy atom. The van der Waals surface area contributed by atoms with Crippen molar-refractivity contribution in [2.24, 2.45) is 0 Å². The number of imide groups is 2. The van der Waals surface area contributed by atoms with Crippen LogP contribution in [0.15, 0.2) is 232 Å². The Morgan fingerprint density at radius 1 is 0.264 bits per heavy atom. The van der Waals surface area contributed by atoms with Gasteiger partial charge in [0.1, 0.15) is 46.0 Å². The molecule has 0 unspecified atom stereocenters. The Kier molecular flexibility index (Phi) is 20.7. The topological polar surface area (TPSA) is 112 Å². The van der Waals surface area contributed by atoms with Crippen LogP contribution < -0.4 is 28.7 Å². The summed E-state index contributed by atoms with van der Waals surface area (Å²) < 4.78 is 29.6. The number of rotatable bonds is 19. The van der Waals surface area contributed by atoms with Crippen LogP contribution in [-0.2, 0) is 34.5 Å². The van der Waals surface area contributed by atoms with Gasteiger partial charge in [-0.25, -0.2) is 9.80 Å². The van der Waals surface area contributed by atoms with E-state index < -0.39 is 23.6 Å². The lowest BCUT2D eigenvalue weighted by molar-refractivity contribution is 0.0877. The highest BCUT2D eigenvalue weighted by atomic mass is 16.5. The highest BCUT2D eigenvalue weighted by Gasteiger charge is 2.45. The Bertz CT molecular complexity index is 7690. The normalized spacial score (nSPS) is 13.7. The van der Waals surface area contributed by atoms with Crippen LogP contribution in [-0.4, -0.2) is 23.6 Å². The fourth-order valence-corrected chi connectivity index (χ4v) is 23.0. The van der Waals surface area contributed by atoms with Crippen molar-refractivity contribution in [3.63, 3.8) is 0 Å². The summed E-state index contributed by atoms with van der Waals surface area (Å²) in [5, 5.41) is 13.7. The second-order valence-corrected chi connectivity index (χ2v) is 45.6. The molecule has 2 aliphatic carbocycles. The molecule has 0 saturated heterocycles. The fourth-order valence-electron chi connectivity index (χ4n) is 23.0. The zero-order chi connectivity index (χ0) is 98.6. The summed E-state index contributed by atoms with van der Waals surface area (Å²) in [4.78, 5) is 68.8. The van der Waals surface area contributed by atoms with E-state index in [1.54, 1.807) is 0 Å². The first-order chi connectivity index (χ1) is 66.4. The third-order valence-electron chi connectivity index (χ3n) is 30.6. The lowest BCUT2D eigenvalue weighted by Crippen LogP contribution is -2.42. The molecule has 0 spiro atoms. The smallest absolute Gasteiger partial charge is 0.266 e. The molecule has 4 amide bonds. The molecular formula is C130H120N2O8. The van der Waals surface area contributed by atoms with Crippen LogP contribution in [0.3, 0.4) is 0 Å². The van der Waals surface area contributed by atoms with E-state index in [1.807, 2.05) is 86.6 Å². The Morgan fingerprint density at radius 2 is 0.486 bits per heavy atom. The number of anilines is 2. The summed E-state index contributed by atoms with van der Waals surface area (Å²) in [5.41, 5.74) is 28.1. The summed E-state index contributed by atoms with van der Waals surface area (Å²) in [6, 6.07) is 77.1. The molecule has 10 heteroatoms. The van der Waals surface area contributed by atoms with Gasteiger partial charge in [-0.1, -0.05) is 284 Å². The first kappa shape index (κ1) is 90.7. The molecule has 22 rings (SSSR count). The summed E-state index contributed by atoms with van der Waals surface area (Å²) in [5.74, 6) is 2.46. The Balaban J connectivity index is 0.692. The molecule has 0 radical (unpaired) electrons. The predicted octanol–water partition coefficient (Wildman–Crippen LogP) is 36.0. The van der Waals surface area contributed by atoms with Crippen LogP contribution in [0.2, 0.25) is 0 Å². The van der Waals surface area contributed by atoms with Gasteiger partial charge in [0.2, 0.25) is 0 Å². The first-order valence-corrected chi connectivity index (χ1v) is 49.8. The lowest BCUT2D eigenvalue weighted by Gasteiger charge is -2.34. The molecule has 0 aromatic heterocycles. The summed E-state index contributed by atoms with van der Waals surface area (Å²) in [7, 11) is 0. The number of hydrogen-bond acceptors (Lipinski definition) is 8. The van der Waals surface area contributed by atoms with Crippen molar-refractivity contribution in [3.8, 4) is 90.5 Å². The van der Waals surface area contributed by atoms with Gasteiger partial charge in [-0.05, 0) is 348 Å². The van der Waals surface area contributed by atoms with Crippen molar-refractivity contribution in [1.82, 2.24) is 0 Å². The van der Waals surface area contributed by atoms with Crippen molar-refractivity contribution in [2.75, 3.05) is 9.80 Å². The van der Waals surface area contributed by atoms with Gasteiger partial charge in [0.05, 0.1) is 33.6 Å². The summed E-state index contributed by atoms with van der Waals surface area (Å²) in [6.45, 7) is 60.7. The van der Waals surface area contributed by atoms with E-state index in [4.69, 9.17) is 18.9 Å². The molecule has 698 valence electrons. The number of aryl methyl sites for hydroxylation is 4. The van der Waals surface area contributed by atoms with Crippen LogP contribution in [0.4, 0.5) is 11.4 Å². The number of fused-ring (bicyclic) bond motifs is 10. The van der Waals surface area contributed by atoms with Crippen LogP contribution in [0.25, 0.3) is 142 Å². The number of ether oxygens (including phenoxy) is 4. The van der Waals surface area contributed by atoms with Gasteiger partial charge in [-0.2, -0.15) is 0 Å². The third-order valence-corrected chi connectivity index (χ3v) is 30.6. The van der Waals surface area contributed by atoms with Crippen molar-refractivity contribution >= 4 is 132 Å². The first-order valence-electron chi connectivity index (χ1n) is 49.8. The quantitative estimate of drug-likeness (QED) is 0.0447. The zero-order valence-electron chi connectivity index (χ0n) is 85.1. The average molecular weight is 1840 g/mol.